The summed E-state index contributed by atoms with van der Waals surface area (Å²) in [5.74, 6) is 0.210. The number of hydrogen-bond donors (Lipinski definition) is 0. The maximum absolute atomic E-state index is 11.8. The van der Waals surface area contributed by atoms with E-state index >= 15 is 0 Å². The number of unbranched alkanes of at least 4 members (excludes halogenated alkanes) is 8. The maximum Gasteiger partial charge on any atom is 0.306 e. The molecular formula is C19H36O4. The molecule has 0 bridgehead atoms. The van der Waals surface area contributed by atoms with E-state index < -0.39 is 0 Å². The number of ether oxygens (including phenoxy) is 3. The van der Waals surface area contributed by atoms with E-state index in [1.165, 1.54) is 44.9 Å². The molecule has 0 spiro atoms. The molecule has 1 heterocycles. The van der Waals surface area contributed by atoms with Crippen molar-refractivity contribution >= 4 is 5.97 Å². The third-order valence-electron chi connectivity index (χ3n) is 4.22. The first-order valence-electron chi connectivity index (χ1n) is 9.56. The predicted molar refractivity (Wildman–Crippen MR) is 92.3 cm³/mol. The fourth-order valence-electron chi connectivity index (χ4n) is 2.78. The first kappa shape index (κ1) is 20.4. The Hall–Kier alpha value is -0.610. The van der Waals surface area contributed by atoms with Crippen LogP contribution in [0.5, 0.6) is 0 Å². The van der Waals surface area contributed by atoms with Gasteiger partial charge in [-0.2, -0.15) is 0 Å². The maximum atomic E-state index is 11.8. The molecule has 0 aromatic carbocycles. The quantitative estimate of drug-likeness (QED) is 0.379. The van der Waals surface area contributed by atoms with Crippen molar-refractivity contribution in [3.05, 3.63) is 0 Å². The molecule has 0 radical (unpaired) electrons. The van der Waals surface area contributed by atoms with E-state index in [2.05, 4.69) is 20.8 Å². The highest BCUT2D eigenvalue weighted by Crippen LogP contribution is 2.16. The van der Waals surface area contributed by atoms with Gasteiger partial charge in [-0.15, -0.1) is 0 Å². The Labute approximate surface area is 142 Å². The lowest BCUT2D eigenvalue weighted by Gasteiger charge is -2.31. The van der Waals surface area contributed by atoms with Gasteiger partial charge in [0.1, 0.15) is 6.10 Å². The molecule has 136 valence electrons. The van der Waals surface area contributed by atoms with Crippen molar-refractivity contribution in [2.24, 2.45) is 5.92 Å². The van der Waals surface area contributed by atoms with E-state index in [-0.39, 0.29) is 18.4 Å². The van der Waals surface area contributed by atoms with Gasteiger partial charge in [0, 0.05) is 12.3 Å². The standard InChI is InChI=1S/C19H36O4/c1-4-5-6-7-8-9-10-11-12-13-18(20)23-17-14-21-19(16(2)3)22-15-17/h16-17,19H,4-15H2,1-3H3. The van der Waals surface area contributed by atoms with E-state index in [1.54, 1.807) is 0 Å². The first-order chi connectivity index (χ1) is 11.1. The van der Waals surface area contributed by atoms with Gasteiger partial charge in [0.05, 0.1) is 13.2 Å². The summed E-state index contributed by atoms with van der Waals surface area (Å²) in [5, 5.41) is 0. The summed E-state index contributed by atoms with van der Waals surface area (Å²) < 4.78 is 16.5. The van der Waals surface area contributed by atoms with Crippen molar-refractivity contribution < 1.29 is 19.0 Å². The normalized spacial score (nSPS) is 21.6. The topological polar surface area (TPSA) is 44.8 Å². The lowest BCUT2D eigenvalue weighted by Crippen LogP contribution is -2.40. The summed E-state index contributed by atoms with van der Waals surface area (Å²) in [4.78, 5) is 11.8. The Balaban J connectivity index is 1.93. The van der Waals surface area contributed by atoms with Gasteiger partial charge in [0.2, 0.25) is 0 Å². The van der Waals surface area contributed by atoms with Crippen LogP contribution in [-0.4, -0.2) is 31.6 Å². The van der Waals surface area contributed by atoms with Gasteiger partial charge in [-0.3, -0.25) is 4.79 Å². The third kappa shape index (κ3) is 9.98. The molecule has 0 N–H and O–H groups in total. The molecule has 1 saturated heterocycles. The van der Waals surface area contributed by atoms with E-state index in [4.69, 9.17) is 14.2 Å². The molecule has 0 amide bonds. The molecule has 1 fully saturated rings. The molecule has 23 heavy (non-hydrogen) atoms. The van der Waals surface area contributed by atoms with Crippen LogP contribution >= 0.6 is 0 Å². The van der Waals surface area contributed by atoms with Gasteiger partial charge in [0.15, 0.2) is 6.29 Å². The monoisotopic (exact) mass is 328 g/mol. The lowest BCUT2D eigenvalue weighted by molar-refractivity contribution is -0.239. The minimum absolute atomic E-state index is 0.117. The van der Waals surface area contributed by atoms with Crippen LogP contribution < -0.4 is 0 Å². The van der Waals surface area contributed by atoms with Crippen molar-refractivity contribution in [3.63, 3.8) is 0 Å². The molecule has 1 aliphatic heterocycles. The van der Waals surface area contributed by atoms with Crippen molar-refractivity contribution in [1.82, 2.24) is 0 Å². The van der Waals surface area contributed by atoms with Crippen LogP contribution in [0, 0.1) is 5.92 Å². The van der Waals surface area contributed by atoms with Gasteiger partial charge in [-0.1, -0.05) is 72.1 Å². The van der Waals surface area contributed by atoms with Crippen LogP contribution in [0.2, 0.25) is 0 Å². The van der Waals surface area contributed by atoms with Crippen LogP contribution in [0.4, 0.5) is 0 Å². The number of carbonyl (C=O) groups excluding carboxylic acids is 1. The second kappa shape index (κ2) is 12.8. The Morgan fingerprint density at radius 2 is 1.48 bits per heavy atom. The van der Waals surface area contributed by atoms with Crippen molar-refractivity contribution in [2.45, 2.75) is 97.4 Å². The van der Waals surface area contributed by atoms with E-state index in [0.717, 1.165) is 12.8 Å². The van der Waals surface area contributed by atoms with E-state index in [1.807, 2.05) is 0 Å². The average Bonchev–Trinajstić information content (AvgIpc) is 2.54. The fourth-order valence-corrected chi connectivity index (χ4v) is 2.78. The highest BCUT2D eigenvalue weighted by Gasteiger charge is 2.26. The zero-order valence-corrected chi connectivity index (χ0v) is 15.4. The zero-order valence-electron chi connectivity index (χ0n) is 15.4. The van der Waals surface area contributed by atoms with Crippen LogP contribution in [0.25, 0.3) is 0 Å². The molecular weight excluding hydrogens is 292 g/mol. The first-order valence-corrected chi connectivity index (χ1v) is 9.56. The number of esters is 1. The molecule has 0 atom stereocenters. The van der Waals surface area contributed by atoms with Gasteiger partial charge in [-0.05, 0) is 6.42 Å². The summed E-state index contributed by atoms with van der Waals surface area (Å²) in [7, 11) is 0. The average molecular weight is 328 g/mol. The minimum atomic E-state index is -0.240. The zero-order chi connectivity index (χ0) is 16.9. The SMILES string of the molecule is CCCCCCCCCCCC(=O)OC1COC(C(C)C)OC1. The fraction of sp³-hybridized carbons (Fsp3) is 0.947. The van der Waals surface area contributed by atoms with Crippen molar-refractivity contribution in [2.75, 3.05) is 13.2 Å². The molecule has 0 aromatic rings. The number of hydrogen-bond acceptors (Lipinski definition) is 4. The second-order valence-electron chi connectivity index (χ2n) is 6.97. The van der Waals surface area contributed by atoms with E-state index in [0.29, 0.717) is 25.6 Å². The van der Waals surface area contributed by atoms with Crippen LogP contribution in [0.15, 0.2) is 0 Å². The molecule has 0 saturated carbocycles. The summed E-state index contributed by atoms with van der Waals surface area (Å²) in [6, 6.07) is 0. The van der Waals surface area contributed by atoms with Crippen LogP contribution in [-0.2, 0) is 19.0 Å². The molecule has 0 aliphatic carbocycles. The van der Waals surface area contributed by atoms with Gasteiger partial charge >= 0.3 is 5.97 Å². The van der Waals surface area contributed by atoms with Crippen molar-refractivity contribution in [3.8, 4) is 0 Å². The number of carbonyl (C=O) groups is 1. The van der Waals surface area contributed by atoms with Crippen LogP contribution in [0.1, 0.15) is 85.0 Å². The summed E-state index contributed by atoms with van der Waals surface area (Å²) in [6.07, 6.45) is 11.4. The highest BCUT2D eigenvalue weighted by atomic mass is 16.7. The molecule has 0 unspecified atom stereocenters. The summed E-state index contributed by atoms with van der Waals surface area (Å²) in [6.45, 7) is 7.26. The minimum Gasteiger partial charge on any atom is -0.457 e. The third-order valence-corrected chi connectivity index (χ3v) is 4.22. The van der Waals surface area contributed by atoms with Gasteiger partial charge < -0.3 is 14.2 Å². The second-order valence-corrected chi connectivity index (χ2v) is 6.97. The van der Waals surface area contributed by atoms with Gasteiger partial charge in [-0.25, -0.2) is 0 Å². The largest absolute Gasteiger partial charge is 0.457 e. The molecule has 0 aromatic heterocycles. The smallest absolute Gasteiger partial charge is 0.306 e. The highest BCUT2D eigenvalue weighted by molar-refractivity contribution is 5.69. The summed E-state index contributed by atoms with van der Waals surface area (Å²) in [5.41, 5.74) is 0. The van der Waals surface area contributed by atoms with E-state index in [9.17, 15) is 4.79 Å². The molecule has 1 aliphatic rings. The van der Waals surface area contributed by atoms with Gasteiger partial charge in [0.25, 0.3) is 0 Å². The summed E-state index contributed by atoms with van der Waals surface area (Å²) >= 11 is 0. The molecule has 1 rings (SSSR count). The predicted octanol–water partition coefficient (Wildman–Crippen LogP) is 4.85. The Morgan fingerprint density at radius 3 is 2.00 bits per heavy atom. The molecule has 4 nitrogen and oxygen atoms in total. The Bertz CT molecular complexity index is 296. The Kier molecular flexibility index (Phi) is 11.3. The number of rotatable bonds is 12. The lowest BCUT2D eigenvalue weighted by atomic mass is 10.1. The van der Waals surface area contributed by atoms with Crippen LogP contribution in [0.3, 0.4) is 0 Å². The van der Waals surface area contributed by atoms with Crippen molar-refractivity contribution in [1.29, 1.82) is 0 Å². The Morgan fingerprint density at radius 1 is 0.957 bits per heavy atom. The molecule has 4 heteroatoms.